The molecule has 2 N–H and O–H groups in total. The van der Waals surface area contributed by atoms with E-state index in [9.17, 15) is 27.8 Å². The van der Waals surface area contributed by atoms with Crippen LogP contribution in [0.2, 0.25) is 5.02 Å². The van der Waals surface area contributed by atoms with Crippen LogP contribution in [-0.2, 0) is 22.9 Å². The molecule has 0 aliphatic heterocycles. The molecule has 236 valence electrons. The minimum absolute atomic E-state index is 0.0201. The molecule has 1 saturated carbocycles. The maximum absolute atomic E-state index is 14.7. The molecule has 2 bridgehead atoms. The highest BCUT2D eigenvalue weighted by Crippen LogP contribution is 2.59. The first-order chi connectivity index (χ1) is 20.2. The van der Waals surface area contributed by atoms with Crippen molar-refractivity contribution in [2.75, 3.05) is 19.3 Å². The van der Waals surface area contributed by atoms with Crippen molar-refractivity contribution in [2.45, 2.75) is 96.2 Å². The van der Waals surface area contributed by atoms with E-state index >= 15 is 0 Å². The average Bonchev–Trinajstić information content (AvgIpc) is 3.18. The van der Waals surface area contributed by atoms with Crippen molar-refractivity contribution in [3.8, 4) is 0 Å². The quantitative estimate of drug-likeness (QED) is 0.252. The summed E-state index contributed by atoms with van der Waals surface area (Å²) in [5.74, 6) is -1.09. The number of aliphatic hydroxyl groups excluding tert-OH is 1. The van der Waals surface area contributed by atoms with Crippen molar-refractivity contribution in [3.05, 3.63) is 81.1 Å². The summed E-state index contributed by atoms with van der Waals surface area (Å²) in [5, 5.41) is 23.4. The third-order valence-corrected chi connectivity index (χ3v) is 11.4. The summed E-state index contributed by atoms with van der Waals surface area (Å²) in [7, 11) is -3.56. The summed E-state index contributed by atoms with van der Waals surface area (Å²) < 4.78 is 41.6. The monoisotopic (exact) mass is 633 g/mol. The zero-order chi connectivity index (χ0) is 31.6. The number of hydrogen-bond acceptors (Lipinski definition) is 5. The van der Waals surface area contributed by atoms with Gasteiger partial charge in [0.2, 0.25) is 10.0 Å². The lowest BCUT2D eigenvalue weighted by Gasteiger charge is -2.45. The molecular formula is C34H45ClFNO5S. The topological polar surface area (TPSA) is 94.9 Å². The molecule has 9 heteroatoms. The van der Waals surface area contributed by atoms with Gasteiger partial charge in [-0.15, -0.1) is 0 Å². The van der Waals surface area contributed by atoms with E-state index in [1.807, 2.05) is 39.0 Å². The predicted octanol–water partition coefficient (Wildman–Crippen LogP) is 6.61. The molecule has 0 spiro atoms. The molecule has 2 aromatic rings. The van der Waals surface area contributed by atoms with Crippen LogP contribution in [0.4, 0.5) is 4.39 Å². The molecule has 4 atom stereocenters. The Bertz CT molecular complexity index is 1460. The second kappa shape index (κ2) is 13.5. The number of ketones is 1. The Morgan fingerprint density at radius 3 is 2.60 bits per heavy atom. The molecule has 0 amide bonds. The van der Waals surface area contributed by atoms with Crippen molar-refractivity contribution in [1.29, 1.82) is 0 Å². The number of nitrogens with zero attached hydrogens (tertiary/aromatic N) is 1. The first kappa shape index (κ1) is 33.8. The van der Waals surface area contributed by atoms with Crippen LogP contribution in [-0.4, -0.2) is 59.8 Å². The summed E-state index contributed by atoms with van der Waals surface area (Å²) in [5.41, 5.74) is 1.19. The smallest absolute Gasteiger partial charge is 0.211 e. The van der Waals surface area contributed by atoms with E-state index in [0.717, 1.165) is 23.1 Å². The number of Topliss-reactive ketones (excluding diaryl/α,β-unsaturated/α-hetero) is 1. The summed E-state index contributed by atoms with van der Waals surface area (Å²) in [6.07, 6.45) is 6.98. The Morgan fingerprint density at radius 1 is 1.19 bits per heavy atom. The molecule has 0 radical (unpaired) electrons. The third-order valence-electron chi connectivity index (χ3n) is 9.75. The van der Waals surface area contributed by atoms with Crippen LogP contribution in [0.1, 0.15) is 98.7 Å². The van der Waals surface area contributed by atoms with Gasteiger partial charge in [-0.3, -0.25) is 4.79 Å². The molecule has 3 aliphatic carbocycles. The Hall–Kier alpha value is -2.10. The summed E-state index contributed by atoms with van der Waals surface area (Å²) >= 11 is 6.30. The van der Waals surface area contributed by atoms with Gasteiger partial charge in [0.1, 0.15) is 5.82 Å². The van der Waals surface area contributed by atoms with Crippen LogP contribution in [0.15, 0.2) is 48.0 Å². The fourth-order valence-electron chi connectivity index (χ4n) is 7.10. The van der Waals surface area contributed by atoms with Crippen molar-refractivity contribution >= 4 is 27.4 Å². The second-order valence-electron chi connectivity index (χ2n) is 12.8. The summed E-state index contributed by atoms with van der Waals surface area (Å²) in [6, 6.07) is 10.0. The third kappa shape index (κ3) is 7.42. The van der Waals surface area contributed by atoms with Crippen molar-refractivity contribution in [2.24, 2.45) is 5.41 Å². The molecule has 5 rings (SSSR count). The normalized spacial score (nSPS) is 26.7. The Balaban J connectivity index is 1.84. The molecule has 0 unspecified atom stereocenters. The van der Waals surface area contributed by atoms with E-state index in [1.54, 1.807) is 6.07 Å². The first-order valence-corrected chi connectivity index (χ1v) is 17.5. The number of benzene rings is 2. The molecule has 6 nitrogen and oxygen atoms in total. The highest BCUT2D eigenvalue weighted by molar-refractivity contribution is 7.88. The fraction of sp³-hybridized carbons (Fsp3) is 0.559. The van der Waals surface area contributed by atoms with Crippen molar-refractivity contribution in [1.82, 2.24) is 4.31 Å². The van der Waals surface area contributed by atoms with Crippen LogP contribution < -0.4 is 0 Å². The number of allylic oxidation sites excluding steroid dienone is 2. The van der Waals surface area contributed by atoms with Gasteiger partial charge in [-0.05, 0) is 93.5 Å². The number of rotatable bonds is 8. The number of sulfonamides is 1. The SMILES string of the molecule is CCCN(C[C@]1(O)CC[C@H]2c3ccc(cc3C(=O)Cc3c(F)cccc3Cl)C[C@@H](O)CCC(C)=CCC[C@@]21C)S(C)(=O)=O. The van der Waals surface area contributed by atoms with Crippen LogP contribution >= 0.6 is 11.6 Å². The maximum atomic E-state index is 14.7. The molecular weight excluding hydrogens is 589 g/mol. The van der Waals surface area contributed by atoms with E-state index in [0.29, 0.717) is 57.1 Å². The molecule has 1 fully saturated rings. The van der Waals surface area contributed by atoms with E-state index in [4.69, 9.17) is 11.6 Å². The molecule has 2 aromatic carbocycles. The predicted molar refractivity (Wildman–Crippen MR) is 170 cm³/mol. The molecule has 3 aliphatic rings. The zero-order valence-electron chi connectivity index (χ0n) is 25.7. The lowest BCUT2D eigenvalue weighted by Crippen LogP contribution is -2.53. The number of carbonyl (C=O) groups is 1. The highest BCUT2D eigenvalue weighted by atomic mass is 35.5. The molecule has 0 aromatic heterocycles. The summed E-state index contributed by atoms with van der Waals surface area (Å²) in [6.45, 7) is 6.27. The van der Waals surface area contributed by atoms with Gasteiger partial charge in [0.15, 0.2) is 5.78 Å². The van der Waals surface area contributed by atoms with Crippen molar-refractivity contribution < 1.29 is 27.8 Å². The zero-order valence-corrected chi connectivity index (χ0v) is 27.3. The number of halogens is 2. The van der Waals surface area contributed by atoms with E-state index < -0.39 is 33.0 Å². The van der Waals surface area contributed by atoms with Gasteiger partial charge < -0.3 is 10.2 Å². The van der Waals surface area contributed by atoms with E-state index in [-0.39, 0.29) is 35.3 Å². The highest BCUT2D eigenvalue weighted by Gasteiger charge is 2.57. The lowest BCUT2D eigenvalue weighted by molar-refractivity contribution is -0.0723. The molecule has 43 heavy (non-hydrogen) atoms. The Labute approximate surface area is 261 Å². The van der Waals surface area contributed by atoms with Gasteiger partial charge in [-0.25, -0.2) is 12.8 Å². The molecule has 0 saturated heterocycles. The minimum Gasteiger partial charge on any atom is -0.393 e. The van der Waals surface area contributed by atoms with Crippen LogP contribution in [0.25, 0.3) is 0 Å². The van der Waals surface area contributed by atoms with Gasteiger partial charge in [0.25, 0.3) is 0 Å². The second-order valence-corrected chi connectivity index (χ2v) is 15.2. The van der Waals surface area contributed by atoms with Crippen LogP contribution in [0, 0.1) is 11.2 Å². The largest absolute Gasteiger partial charge is 0.393 e. The van der Waals surface area contributed by atoms with Gasteiger partial charge in [0.05, 0.1) is 18.0 Å². The van der Waals surface area contributed by atoms with Crippen LogP contribution in [0.3, 0.4) is 0 Å². The minimum atomic E-state index is -3.56. The maximum Gasteiger partial charge on any atom is 0.211 e. The number of aliphatic hydroxyl groups is 2. The van der Waals surface area contributed by atoms with Crippen molar-refractivity contribution in [3.63, 3.8) is 0 Å². The average molecular weight is 634 g/mol. The number of carbonyl (C=O) groups excluding carboxylic acids is 1. The van der Waals surface area contributed by atoms with E-state index in [1.165, 1.54) is 22.7 Å². The lowest BCUT2D eigenvalue weighted by atomic mass is 9.64. The first-order valence-electron chi connectivity index (χ1n) is 15.3. The van der Waals surface area contributed by atoms with Gasteiger partial charge in [-0.1, -0.05) is 55.3 Å². The van der Waals surface area contributed by atoms with E-state index in [2.05, 4.69) is 6.08 Å². The Kier molecular flexibility index (Phi) is 10.6. The van der Waals surface area contributed by atoms with Gasteiger partial charge in [-0.2, -0.15) is 4.31 Å². The Morgan fingerprint density at radius 2 is 1.93 bits per heavy atom. The summed E-state index contributed by atoms with van der Waals surface area (Å²) in [4.78, 5) is 14.0. The number of fused-ring (bicyclic) bond motifs is 8. The van der Waals surface area contributed by atoms with Crippen LogP contribution in [0.5, 0.6) is 0 Å². The molecule has 0 heterocycles. The fourth-order valence-corrected chi connectivity index (χ4v) is 8.29. The van der Waals surface area contributed by atoms with Gasteiger partial charge in [0, 0.05) is 41.1 Å². The standard InChI is InChI=1S/C34H45ClFNO5S/c1-5-18-37(43(4,41)42)22-34(40)17-15-29-26-14-12-24(19-25(38)13-11-23(2)8-7-16-33(29,34)3)20-27(26)32(39)21-28-30(35)9-6-10-31(28)36/h6,8-10,12,14,20,25,29,38,40H,5,7,11,13,15-19,21-22H2,1-4H3/t25-,29-,33-,34+/m0/s1. The number of hydrogen-bond donors (Lipinski definition) is 2. The van der Waals surface area contributed by atoms with Gasteiger partial charge >= 0.3 is 0 Å².